The van der Waals surface area contributed by atoms with Crippen molar-refractivity contribution in [3.8, 4) is 0 Å². The zero-order valence-corrected chi connectivity index (χ0v) is 11.2. The van der Waals surface area contributed by atoms with Crippen LogP contribution in [0.25, 0.3) is 0 Å². The van der Waals surface area contributed by atoms with Gasteiger partial charge in [-0.2, -0.15) is 0 Å². The number of urea groups is 1. The van der Waals surface area contributed by atoms with Crippen LogP contribution in [0.3, 0.4) is 0 Å². The van der Waals surface area contributed by atoms with Crippen LogP contribution in [-0.2, 0) is 11.2 Å². The van der Waals surface area contributed by atoms with Crippen LogP contribution >= 0.6 is 0 Å². The Morgan fingerprint density at radius 2 is 2.25 bits per heavy atom. The smallest absolute Gasteiger partial charge is 0.326 e. The lowest BCUT2D eigenvalue weighted by atomic mass is 10.1. The van der Waals surface area contributed by atoms with Crippen LogP contribution in [0.2, 0.25) is 0 Å². The van der Waals surface area contributed by atoms with Crippen molar-refractivity contribution in [1.29, 1.82) is 0 Å². The second kappa shape index (κ2) is 5.90. The predicted molar refractivity (Wildman–Crippen MR) is 72.3 cm³/mol. The largest absolute Gasteiger partial charge is 0.480 e. The molecule has 0 bridgehead atoms. The Kier molecular flexibility index (Phi) is 4.22. The van der Waals surface area contributed by atoms with Gasteiger partial charge in [0.1, 0.15) is 11.9 Å². The summed E-state index contributed by atoms with van der Waals surface area (Å²) in [6.45, 7) is 2.28. The quantitative estimate of drug-likeness (QED) is 0.888. The van der Waals surface area contributed by atoms with Gasteiger partial charge in [0.15, 0.2) is 0 Å². The Balaban J connectivity index is 2.12. The molecule has 0 aliphatic carbocycles. The summed E-state index contributed by atoms with van der Waals surface area (Å²) in [5, 5.41) is 11.5. The molecule has 1 aliphatic rings. The van der Waals surface area contributed by atoms with Gasteiger partial charge in [-0.05, 0) is 30.5 Å². The molecule has 1 heterocycles. The monoisotopic (exact) mass is 280 g/mol. The van der Waals surface area contributed by atoms with Gasteiger partial charge in [-0.25, -0.2) is 14.0 Å². The minimum atomic E-state index is -1.06. The summed E-state index contributed by atoms with van der Waals surface area (Å²) in [7, 11) is 0. The molecule has 1 atom stereocenters. The summed E-state index contributed by atoms with van der Waals surface area (Å²) < 4.78 is 13.3. The Morgan fingerprint density at radius 3 is 2.90 bits per heavy atom. The number of hydrogen-bond acceptors (Lipinski definition) is 2. The van der Waals surface area contributed by atoms with E-state index in [4.69, 9.17) is 5.11 Å². The van der Waals surface area contributed by atoms with E-state index in [2.05, 4.69) is 5.32 Å². The minimum Gasteiger partial charge on any atom is -0.480 e. The lowest BCUT2D eigenvalue weighted by Crippen LogP contribution is -2.47. The van der Waals surface area contributed by atoms with Gasteiger partial charge in [0.25, 0.3) is 0 Å². The van der Waals surface area contributed by atoms with E-state index >= 15 is 0 Å². The van der Waals surface area contributed by atoms with Crippen molar-refractivity contribution in [1.82, 2.24) is 5.32 Å². The first-order valence-electron chi connectivity index (χ1n) is 6.62. The Morgan fingerprint density at radius 1 is 1.50 bits per heavy atom. The van der Waals surface area contributed by atoms with Gasteiger partial charge in [-0.3, -0.25) is 4.90 Å². The van der Waals surface area contributed by atoms with Gasteiger partial charge in [-0.15, -0.1) is 0 Å². The van der Waals surface area contributed by atoms with Gasteiger partial charge < -0.3 is 10.4 Å². The Labute approximate surface area is 116 Å². The van der Waals surface area contributed by atoms with Crippen LogP contribution in [0.5, 0.6) is 0 Å². The summed E-state index contributed by atoms with van der Waals surface area (Å²) in [6, 6.07) is 2.91. The van der Waals surface area contributed by atoms with E-state index in [0.29, 0.717) is 31.5 Å². The standard InChI is InChI=1S/C14H17FN2O3/c1-2-3-11(13(18)19)16-14(20)17-7-6-9-4-5-10(15)8-12(9)17/h4-5,8,11H,2-3,6-7H2,1H3,(H,16,20)(H,18,19)/t11-/m1/s1. The van der Waals surface area contributed by atoms with Crippen LogP contribution in [0, 0.1) is 5.82 Å². The number of anilines is 1. The molecule has 0 saturated heterocycles. The van der Waals surface area contributed by atoms with Gasteiger partial charge in [-0.1, -0.05) is 19.4 Å². The summed E-state index contributed by atoms with van der Waals surface area (Å²) in [5.74, 6) is -1.47. The van der Waals surface area contributed by atoms with Crippen LogP contribution in [-0.4, -0.2) is 29.7 Å². The molecule has 20 heavy (non-hydrogen) atoms. The van der Waals surface area contributed by atoms with Crippen molar-refractivity contribution in [3.63, 3.8) is 0 Å². The molecule has 0 spiro atoms. The zero-order valence-electron chi connectivity index (χ0n) is 11.2. The topological polar surface area (TPSA) is 69.6 Å². The first kappa shape index (κ1) is 14.3. The summed E-state index contributed by atoms with van der Waals surface area (Å²) >= 11 is 0. The molecule has 108 valence electrons. The van der Waals surface area contributed by atoms with E-state index in [9.17, 15) is 14.0 Å². The molecule has 1 aromatic rings. The summed E-state index contributed by atoms with van der Waals surface area (Å²) in [4.78, 5) is 24.6. The maximum atomic E-state index is 13.3. The van der Waals surface area contributed by atoms with Gasteiger partial charge in [0, 0.05) is 6.54 Å². The van der Waals surface area contributed by atoms with E-state index in [0.717, 1.165) is 5.56 Å². The SMILES string of the molecule is CCC[C@@H](NC(=O)N1CCc2ccc(F)cc21)C(=O)O. The van der Waals surface area contributed by atoms with Crippen molar-refractivity contribution in [2.24, 2.45) is 0 Å². The molecule has 2 rings (SSSR count). The normalized spacial score (nSPS) is 14.8. The molecular formula is C14H17FN2O3. The predicted octanol–water partition coefficient (Wildman–Crippen LogP) is 2.15. The second-order valence-electron chi connectivity index (χ2n) is 4.80. The summed E-state index contributed by atoms with van der Waals surface area (Å²) in [5.41, 5.74) is 1.41. The number of aliphatic carboxylic acids is 1. The number of carboxylic acids is 1. The number of carboxylic acid groups (broad SMARTS) is 1. The Bertz CT molecular complexity index is 533. The van der Waals surface area contributed by atoms with Crippen LogP contribution in [0.1, 0.15) is 25.3 Å². The van der Waals surface area contributed by atoms with E-state index < -0.39 is 23.9 Å². The molecule has 6 heteroatoms. The average molecular weight is 280 g/mol. The minimum absolute atomic E-state index is 0.366. The highest BCUT2D eigenvalue weighted by Gasteiger charge is 2.28. The number of carbonyl (C=O) groups is 2. The van der Waals surface area contributed by atoms with E-state index in [1.165, 1.54) is 17.0 Å². The maximum absolute atomic E-state index is 13.3. The number of benzene rings is 1. The number of hydrogen-bond donors (Lipinski definition) is 2. The molecule has 0 unspecified atom stereocenters. The molecule has 0 fully saturated rings. The first-order valence-corrected chi connectivity index (χ1v) is 6.62. The van der Waals surface area contributed by atoms with E-state index in [1.807, 2.05) is 6.92 Å². The van der Waals surface area contributed by atoms with E-state index in [-0.39, 0.29) is 0 Å². The van der Waals surface area contributed by atoms with Crippen molar-refractivity contribution in [2.75, 3.05) is 11.4 Å². The summed E-state index contributed by atoms with van der Waals surface area (Å²) in [6.07, 6.45) is 1.67. The molecule has 2 amide bonds. The Hall–Kier alpha value is -2.11. The highest BCUT2D eigenvalue weighted by Crippen LogP contribution is 2.28. The fraction of sp³-hybridized carbons (Fsp3) is 0.429. The average Bonchev–Trinajstić information content (AvgIpc) is 2.80. The lowest BCUT2D eigenvalue weighted by Gasteiger charge is -2.21. The molecule has 0 saturated carbocycles. The fourth-order valence-electron chi connectivity index (χ4n) is 2.34. The number of fused-ring (bicyclic) bond motifs is 1. The fourth-order valence-corrected chi connectivity index (χ4v) is 2.34. The number of halogens is 1. The third-order valence-corrected chi connectivity index (χ3v) is 3.36. The van der Waals surface area contributed by atoms with Crippen LogP contribution in [0.4, 0.5) is 14.9 Å². The molecule has 0 aromatic heterocycles. The first-order chi connectivity index (χ1) is 9.52. The van der Waals surface area contributed by atoms with Crippen molar-refractivity contribution in [2.45, 2.75) is 32.2 Å². The molecule has 1 aliphatic heterocycles. The molecule has 2 N–H and O–H groups in total. The van der Waals surface area contributed by atoms with Crippen molar-refractivity contribution in [3.05, 3.63) is 29.6 Å². The molecule has 0 radical (unpaired) electrons. The second-order valence-corrected chi connectivity index (χ2v) is 4.80. The molecule has 1 aromatic carbocycles. The van der Waals surface area contributed by atoms with Gasteiger partial charge >= 0.3 is 12.0 Å². The van der Waals surface area contributed by atoms with Gasteiger partial charge in [0.2, 0.25) is 0 Å². The maximum Gasteiger partial charge on any atom is 0.326 e. The molecular weight excluding hydrogens is 263 g/mol. The van der Waals surface area contributed by atoms with E-state index in [1.54, 1.807) is 6.07 Å². The zero-order chi connectivity index (χ0) is 14.7. The van der Waals surface area contributed by atoms with Crippen molar-refractivity contribution >= 4 is 17.7 Å². The van der Waals surface area contributed by atoms with Crippen LogP contribution in [0.15, 0.2) is 18.2 Å². The highest BCUT2D eigenvalue weighted by atomic mass is 19.1. The third-order valence-electron chi connectivity index (χ3n) is 3.36. The number of nitrogens with one attached hydrogen (secondary N) is 1. The van der Waals surface area contributed by atoms with Crippen LogP contribution < -0.4 is 10.2 Å². The van der Waals surface area contributed by atoms with Crippen molar-refractivity contribution < 1.29 is 19.1 Å². The number of nitrogens with zero attached hydrogens (tertiary/aromatic N) is 1. The number of carbonyl (C=O) groups excluding carboxylic acids is 1. The number of rotatable bonds is 4. The number of amides is 2. The molecule has 5 nitrogen and oxygen atoms in total. The highest BCUT2D eigenvalue weighted by molar-refractivity contribution is 5.96. The lowest BCUT2D eigenvalue weighted by molar-refractivity contribution is -0.139. The van der Waals surface area contributed by atoms with Gasteiger partial charge in [0.05, 0.1) is 5.69 Å². The third kappa shape index (κ3) is 2.89.